The lowest BCUT2D eigenvalue weighted by atomic mass is 10.1. The van der Waals surface area contributed by atoms with Gasteiger partial charge in [0.15, 0.2) is 0 Å². The number of nitro benzene ring substituents is 1. The molecule has 0 aliphatic rings. The molecule has 2 heterocycles. The summed E-state index contributed by atoms with van der Waals surface area (Å²) in [5.74, 6) is -0.332. The Balaban J connectivity index is 1.59. The Labute approximate surface area is 163 Å². The highest BCUT2D eigenvalue weighted by Crippen LogP contribution is 2.30. The number of pyridine rings is 1. The summed E-state index contributed by atoms with van der Waals surface area (Å²) in [5, 5.41) is 14.6. The summed E-state index contributed by atoms with van der Waals surface area (Å²) < 4.78 is 0. The summed E-state index contributed by atoms with van der Waals surface area (Å²) in [6, 6.07) is 15.4. The molecule has 4 aromatic rings. The van der Waals surface area contributed by atoms with E-state index in [0.29, 0.717) is 16.8 Å². The molecule has 0 spiro atoms. The van der Waals surface area contributed by atoms with Gasteiger partial charge in [0.25, 0.3) is 11.6 Å². The number of hydrogen-bond donors (Lipinski definition) is 1. The zero-order valence-corrected chi connectivity index (χ0v) is 15.6. The van der Waals surface area contributed by atoms with Crippen LogP contribution in [0, 0.1) is 17.0 Å². The topological polar surface area (TPSA) is 98.0 Å². The summed E-state index contributed by atoms with van der Waals surface area (Å²) in [5.41, 5.74) is 3.11. The SMILES string of the molecule is Cc1cc(C(=O)Nc2cccc(-c3nc4cccnc4s3)c2)ccc1[N+](=O)[O-]. The van der Waals surface area contributed by atoms with Gasteiger partial charge in [0.1, 0.15) is 15.4 Å². The molecule has 0 saturated heterocycles. The molecule has 0 saturated carbocycles. The summed E-state index contributed by atoms with van der Waals surface area (Å²) in [6.45, 7) is 1.61. The summed E-state index contributed by atoms with van der Waals surface area (Å²) in [6.07, 6.45) is 1.73. The van der Waals surface area contributed by atoms with Crippen molar-refractivity contribution in [1.29, 1.82) is 0 Å². The molecular formula is C20H14N4O3S. The van der Waals surface area contributed by atoms with Gasteiger partial charge in [0.2, 0.25) is 0 Å². The normalized spacial score (nSPS) is 10.8. The zero-order chi connectivity index (χ0) is 19.7. The van der Waals surface area contributed by atoms with Crippen molar-refractivity contribution in [2.75, 3.05) is 5.32 Å². The number of rotatable bonds is 4. The van der Waals surface area contributed by atoms with E-state index in [9.17, 15) is 14.9 Å². The van der Waals surface area contributed by atoms with Gasteiger partial charge in [-0.1, -0.05) is 23.5 Å². The van der Waals surface area contributed by atoms with Crippen LogP contribution in [0.2, 0.25) is 0 Å². The zero-order valence-electron chi connectivity index (χ0n) is 14.7. The molecule has 1 amide bonds. The Hall–Kier alpha value is -3.65. The van der Waals surface area contributed by atoms with E-state index in [4.69, 9.17) is 0 Å². The molecule has 0 bridgehead atoms. The van der Waals surface area contributed by atoms with Crippen LogP contribution in [0.5, 0.6) is 0 Å². The van der Waals surface area contributed by atoms with Crippen LogP contribution in [-0.4, -0.2) is 20.8 Å². The Kier molecular flexibility index (Phi) is 4.54. The summed E-state index contributed by atoms with van der Waals surface area (Å²) in [7, 11) is 0. The first-order valence-corrected chi connectivity index (χ1v) is 9.21. The van der Waals surface area contributed by atoms with Crippen molar-refractivity contribution in [2.45, 2.75) is 6.92 Å². The number of hydrogen-bond acceptors (Lipinski definition) is 6. The number of carbonyl (C=O) groups excluding carboxylic acids is 1. The van der Waals surface area contributed by atoms with Crippen LogP contribution < -0.4 is 5.32 Å². The van der Waals surface area contributed by atoms with Gasteiger partial charge in [-0.05, 0) is 43.3 Å². The molecule has 0 radical (unpaired) electrons. The van der Waals surface area contributed by atoms with Crippen LogP contribution in [0.15, 0.2) is 60.8 Å². The number of aromatic nitrogens is 2. The van der Waals surface area contributed by atoms with Crippen molar-refractivity contribution in [2.24, 2.45) is 0 Å². The number of nitrogens with zero attached hydrogens (tertiary/aromatic N) is 3. The molecule has 138 valence electrons. The number of carbonyl (C=O) groups is 1. The van der Waals surface area contributed by atoms with Gasteiger partial charge >= 0.3 is 0 Å². The molecule has 28 heavy (non-hydrogen) atoms. The van der Waals surface area contributed by atoms with Crippen LogP contribution in [0.3, 0.4) is 0 Å². The Morgan fingerprint density at radius 1 is 1.14 bits per heavy atom. The molecular weight excluding hydrogens is 376 g/mol. The highest BCUT2D eigenvalue weighted by atomic mass is 32.1. The number of amides is 1. The van der Waals surface area contributed by atoms with Gasteiger partial charge in [-0.15, -0.1) is 0 Å². The fourth-order valence-electron chi connectivity index (χ4n) is 2.83. The van der Waals surface area contributed by atoms with Crippen LogP contribution in [0.1, 0.15) is 15.9 Å². The maximum atomic E-state index is 12.5. The third-order valence-electron chi connectivity index (χ3n) is 4.19. The van der Waals surface area contributed by atoms with Crippen molar-refractivity contribution in [1.82, 2.24) is 9.97 Å². The molecule has 0 fully saturated rings. The Bertz CT molecular complexity index is 1190. The van der Waals surface area contributed by atoms with Crippen molar-refractivity contribution in [3.8, 4) is 10.6 Å². The quantitative estimate of drug-likeness (QED) is 0.398. The van der Waals surface area contributed by atoms with E-state index >= 15 is 0 Å². The van der Waals surface area contributed by atoms with Crippen LogP contribution in [0.4, 0.5) is 11.4 Å². The Morgan fingerprint density at radius 3 is 2.75 bits per heavy atom. The van der Waals surface area contributed by atoms with Crippen LogP contribution in [-0.2, 0) is 0 Å². The van der Waals surface area contributed by atoms with Gasteiger partial charge in [-0.3, -0.25) is 14.9 Å². The average molecular weight is 390 g/mol. The maximum absolute atomic E-state index is 12.5. The molecule has 7 nitrogen and oxygen atoms in total. The molecule has 8 heteroatoms. The van der Waals surface area contributed by atoms with E-state index < -0.39 is 4.92 Å². The van der Waals surface area contributed by atoms with Crippen molar-refractivity contribution in [3.05, 3.63) is 82.0 Å². The molecule has 0 atom stereocenters. The van der Waals surface area contributed by atoms with Gasteiger partial charge in [-0.2, -0.15) is 0 Å². The minimum atomic E-state index is -0.465. The third-order valence-corrected chi connectivity index (χ3v) is 5.22. The number of nitro groups is 1. The first-order valence-electron chi connectivity index (χ1n) is 8.39. The first-order chi connectivity index (χ1) is 13.5. The maximum Gasteiger partial charge on any atom is 0.272 e. The van der Waals surface area contributed by atoms with Crippen molar-refractivity contribution in [3.63, 3.8) is 0 Å². The van der Waals surface area contributed by atoms with E-state index in [-0.39, 0.29) is 11.6 Å². The molecule has 2 aromatic heterocycles. The van der Waals surface area contributed by atoms with Gasteiger partial charge in [-0.25, -0.2) is 9.97 Å². The molecule has 0 aliphatic heterocycles. The Morgan fingerprint density at radius 2 is 2.00 bits per heavy atom. The van der Waals surface area contributed by atoms with Gasteiger partial charge in [0, 0.05) is 34.6 Å². The predicted octanol–water partition coefficient (Wildman–Crippen LogP) is 4.83. The minimum Gasteiger partial charge on any atom is -0.322 e. The van der Waals surface area contributed by atoms with E-state index in [0.717, 1.165) is 20.9 Å². The predicted molar refractivity (Wildman–Crippen MR) is 109 cm³/mol. The standard InChI is InChI=1S/C20H14N4O3S/c1-12-10-13(7-8-17(12)24(26)27)18(25)22-15-5-2-4-14(11-15)19-23-16-6-3-9-21-20(16)28-19/h2-11H,1H3,(H,22,25). The van der Waals surface area contributed by atoms with E-state index in [2.05, 4.69) is 15.3 Å². The first kappa shape index (κ1) is 17.7. The molecule has 2 aromatic carbocycles. The second kappa shape index (κ2) is 7.16. The monoisotopic (exact) mass is 390 g/mol. The molecule has 4 rings (SSSR count). The fraction of sp³-hybridized carbons (Fsp3) is 0.0500. The number of thiazole rings is 1. The second-order valence-electron chi connectivity index (χ2n) is 6.14. The smallest absolute Gasteiger partial charge is 0.272 e. The highest BCUT2D eigenvalue weighted by molar-refractivity contribution is 7.21. The van der Waals surface area contributed by atoms with E-state index in [1.165, 1.54) is 29.5 Å². The second-order valence-corrected chi connectivity index (χ2v) is 7.12. The number of fused-ring (bicyclic) bond motifs is 1. The van der Waals surface area contributed by atoms with E-state index in [1.807, 2.05) is 30.3 Å². The van der Waals surface area contributed by atoms with Crippen molar-refractivity contribution >= 4 is 39.0 Å². The molecule has 1 N–H and O–H groups in total. The largest absolute Gasteiger partial charge is 0.322 e. The number of benzene rings is 2. The van der Waals surface area contributed by atoms with E-state index in [1.54, 1.807) is 19.2 Å². The summed E-state index contributed by atoms with van der Waals surface area (Å²) >= 11 is 1.48. The van der Waals surface area contributed by atoms with Crippen LogP contribution in [0.25, 0.3) is 20.9 Å². The number of aryl methyl sites for hydroxylation is 1. The lowest BCUT2D eigenvalue weighted by molar-refractivity contribution is -0.385. The average Bonchev–Trinajstić information content (AvgIpc) is 3.12. The molecule has 0 unspecified atom stereocenters. The highest BCUT2D eigenvalue weighted by Gasteiger charge is 2.14. The van der Waals surface area contributed by atoms with Crippen LogP contribution >= 0.6 is 11.3 Å². The minimum absolute atomic E-state index is 0.0111. The third kappa shape index (κ3) is 3.45. The van der Waals surface area contributed by atoms with Gasteiger partial charge in [0.05, 0.1) is 4.92 Å². The number of nitrogens with one attached hydrogen (secondary N) is 1. The van der Waals surface area contributed by atoms with Crippen molar-refractivity contribution < 1.29 is 9.72 Å². The summed E-state index contributed by atoms with van der Waals surface area (Å²) in [4.78, 5) is 32.7. The fourth-order valence-corrected chi connectivity index (χ4v) is 3.73. The molecule has 0 aliphatic carbocycles. The number of anilines is 1. The lowest BCUT2D eigenvalue weighted by Gasteiger charge is -2.07. The van der Waals surface area contributed by atoms with Gasteiger partial charge < -0.3 is 5.32 Å². The lowest BCUT2D eigenvalue weighted by Crippen LogP contribution is -2.12.